The van der Waals surface area contributed by atoms with Gasteiger partial charge in [0.2, 0.25) is 5.75 Å². The van der Waals surface area contributed by atoms with E-state index in [2.05, 4.69) is 0 Å². The summed E-state index contributed by atoms with van der Waals surface area (Å²) in [6.45, 7) is -0.404. The van der Waals surface area contributed by atoms with Gasteiger partial charge < -0.3 is 14.2 Å². The van der Waals surface area contributed by atoms with E-state index in [1.54, 1.807) is 12.1 Å². The molecule has 0 fully saturated rings. The molecule has 1 aromatic carbocycles. The van der Waals surface area contributed by atoms with Gasteiger partial charge >= 0.3 is 0 Å². The third-order valence-electron chi connectivity index (χ3n) is 2.11. The Bertz CT molecular complexity index is 301. The first-order valence-electron chi connectivity index (χ1n) is 4.61. The highest BCUT2D eigenvalue weighted by Gasteiger charge is 2.12. The fraction of sp³-hybridized carbons (Fsp3) is 0.455. The van der Waals surface area contributed by atoms with Crippen LogP contribution in [0.3, 0.4) is 0 Å². The quantitative estimate of drug-likeness (QED) is 0.752. The Balaban J connectivity index is 3.16. The van der Waals surface area contributed by atoms with E-state index in [4.69, 9.17) is 14.2 Å². The number of rotatable bonds is 5. The second kappa shape index (κ2) is 5.44. The van der Waals surface area contributed by atoms with Gasteiger partial charge in [0.25, 0.3) is 0 Å². The minimum atomic E-state index is -0.404. The molecule has 15 heavy (non-hydrogen) atoms. The van der Waals surface area contributed by atoms with Crippen molar-refractivity contribution in [2.45, 2.75) is 6.42 Å². The molecule has 0 radical (unpaired) electrons. The Morgan fingerprint density at radius 3 is 1.87 bits per heavy atom. The van der Waals surface area contributed by atoms with Gasteiger partial charge in [0.15, 0.2) is 11.5 Å². The molecule has 1 aromatic rings. The Labute approximate surface area is 88.8 Å². The van der Waals surface area contributed by atoms with Gasteiger partial charge in [-0.3, -0.25) is 4.39 Å². The highest BCUT2D eigenvalue weighted by Crippen LogP contribution is 2.38. The standard InChI is InChI=1S/C11H15FO3/c1-13-9-6-8(4-5-12)7-10(14-2)11(9)15-3/h6-7H,4-5H2,1-3H3. The van der Waals surface area contributed by atoms with Crippen LogP contribution in [0, 0.1) is 0 Å². The number of halogens is 1. The number of methoxy groups -OCH3 is 3. The molecule has 0 bridgehead atoms. The van der Waals surface area contributed by atoms with Gasteiger partial charge in [-0.25, -0.2) is 0 Å². The number of benzene rings is 1. The molecule has 0 unspecified atom stereocenters. The highest BCUT2D eigenvalue weighted by molar-refractivity contribution is 5.53. The van der Waals surface area contributed by atoms with Crippen molar-refractivity contribution in [3.05, 3.63) is 17.7 Å². The molecular weight excluding hydrogens is 199 g/mol. The Morgan fingerprint density at radius 1 is 1.00 bits per heavy atom. The Kier molecular flexibility index (Phi) is 4.21. The molecular formula is C11H15FO3. The molecule has 0 saturated heterocycles. The van der Waals surface area contributed by atoms with Crippen LogP contribution in [-0.2, 0) is 6.42 Å². The molecule has 0 aliphatic heterocycles. The van der Waals surface area contributed by atoms with E-state index in [1.807, 2.05) is 0 Å². The van der Waals surface area contributed by atoms with Gasteiger partial charge in [-0.1, -0.05) is 0 Å². The van der Waals surface area contributed by atoms with Gasteiger partial charge in [-0.15, -0.1) is 0 Å². The summed E-state index contributed by atoms with van der Waals surface area (Å²) in [6.07, 6.45) is 0.344. The second-order valence-electron chi connectivity index (χ2n) is 2.97. The maximum Gasteiger partial charge on any atom is 0.203 e. The number of aryl methyl sites for hydroxylation is 1. The molecule has 0 aliphatic rings. The van der Waals surface area contributed by atoms with Crippen molar-refractivity contribution in [2.24, 2.45) is 0 Å². The summed E-state index contributed by atoms with van der Waals surface area (Å²) >= 11 is 0. The minimum Gasteiger partial charge on any atom is -0.493 e. The molecule has 0 heterocycles. The van der Waals surface area contributed by atoms with Crippen LogP contribution in [0.1, 0.15) is 5.56 Å². The third-order valence-corrected chi connectivity index (χ3v) is 2.11. The average Bonchev–Trinajstić information content (AvgIpc) is 2.28. The summed E-state index contributed by atoms with van der Waals surface area (Å²) < 4.78 is 27.6. The molecule has 0 amide bonds. The summed E-state index contributed by atoms with van der Waals surface area (Å²) in [6, 6.07) is 3.50. The van der Waals surface area contributed by atoms with Gasteiger partial charge in [0, 0.05) is 6.42 Å². The van der Waals surface area contributed by atoms with Gasteiger partial charge in [-0.05, 0) is 17.7 Å². The predicted octanol–water partition coefficient (Wildman–Crippen LogP) is 2.22. The molecule has 4 heteroatoms. The van der Waals surface area contributed by atoms with Crippen molar-refractivity contribution in [3.63, 3.8) is 0 Å². The van der Waals surface area contributed by atoms with Crippen LogP contribution in [0.15, 0.2) is 12.1 Å². The van der Waals surface area contributed by atoms with Crippen molar-refractivity contribution >= 4 is 0 Å². The van der Waals surface area contributed by atoms with E-state index >= 15 is 0 Å². The normalized spacial score (nSPS) is 9.87. The first-order valence-corrected chi connectivity index (χ1v) is 4.61. The number of hydrogen-bond acceptors (Lipinski definition) is 3. The van der Waals surface area contributed by atoms with E-state index in [-0.39, 0.29) is 0 Å². The summed E-state index contributed by atoms with van der Waals surface area (Å²) in [5.41, 5.74) is 0.826. The van der Waals surface area contributed by atoms with E-state index in [9.17, 15) is 4.39 Å². The van der Waals surface area contributed by atoms with Gasteiger partial charge in [0.05, 0.1) is 28.0 Å². The molecule has 0 saturated carbocycles. The predicted molar refractivity (Wildman–Crippen MR) is 55.8 cm³/mol. The fourth-order valence-corrected chi connectivity index (χ4v) is 1.39. The minimum absolute atomic E-state index is 0.344. The van der Waals surface area contributed by atoms with Crippen LogP contribution >= 0.6 is 0 Å². The molecule has 84 valence electrons. The SMILES string of the molecule is COc1cc(CCF)cc(OC)c1OC. The lowest BCUT2D eigenvalue weighted by Crippen LogP contribution is -1.97. The van der Waals surface area contributed by atoms with E-state index in [1.165, 1.54) is 21.3 Å². The van der Waals surface area contributed by atoms with E-state index in [0.717, 1.165) is 5.56 Å². The zero-order chi connectivity index (χ0) is 11.3. The van der Waals surface area contributed by atoms with Crippen LogP contribution in [0.2, 0.25) is 0 Å². The molecule has 0 aromatic heterocycles. The van der Waals surface area contributed by atoms with Crippen LogP contribution in [0.5, 0.6) is 17.2 Å². The van der Waals surface area contributed by atoms with E-state index in [0.29, 0.717) is 23.7 Å². The maximum atomic E-state index is 12.2. The summed E-state index contributed by atoms with van der Waals surface area (Å²) in [5, 5.41) is 0. The monoisotopic (exact) mass is 214 g/mol. The largest absolute Gasteiger partial charge is 0.493 e. The summed E-state index contributed by atoms with van der Waals surface area (Å²) in [4.78, 5) is 0. The lowest BCUT2D eigenvalue weighted by molar-refractivity contribution is 0.323. The third kappa shape index (κ3) is 2.52. The average molecular weight is 214 g/mol. The topological polar surface area (TPSA) is 27.7 Å². The van der Waals surface area contributed by atoms with Crippen LogP contribution in [0.4, 0.5) is 4.39 Å². The zero-order valence-corrected chi connectivity index (χ0v) is 9.17. The van der Waals surface area contributed by atoms with Crippen molar-refractivity contribution in [3.8, 4) is 17.2 Å². The van der Waals surface area contributed by atoms with Crippen molar-refractivity contribution in [1.29, 1.82) is 0 Å². The van der Waals surface area contributed by atoms with Crippen molar-refractivity contribution in [2.75, 3.05) is 28.0 Å². The number of hydrogen-bond donors (Lipinski definition) is 0. The Hall–Kier alpha value is -1.45. The molecule has 1 rings (SSSR count). The van der Waals surface area contributed by atoms with Crippen LogP contribution in [0.25, 0.3) is 0 Å². The van der Waals surface area contributed by atoms with E-state index < -0.39 is 6.67 Å². The highest BCUT2D eigenvalue weighted by atomic mass is 19.1. The molecule has 3 nitrogen and oxygen atoms in total. The first kappa shape index (κ1) is 11.6. The maximum absolute atomic E-state index is 12.2. The number of alkyl halides is 1. The fourth-order valence-electron chi connectivity index (χ4n) is 1.39. The number of ether oxygens (including phenoxy) is 3. The second-order valence-corrected chi connectivity index (χ2v) is 2.97. The lowest BCUT2D eigenvalue weighted by Gasteiger charge is -2.13. The van der Waals surface area contributed by atoms with Gasteiger partial charge in [-0.2, -0.15) is 0 Å². The van der Waals surface area contributed by atoms with Crippen LogP contribution < -0.4 is 14.2 Å². The van der Waals surface area contributed by atoms with Gasteiger partial charge in [0.1, 0.15) is 0 Å². The molecule has 0 atom stereocenters. The smallest absolute Gasteiger partial charge is 0.203 e. The first-order chi connectivity index (χ1) is 7.26. The molecule has 0 aliphatic carbocycles. The van der Waals surface area contributed by atoms with Crippen molar-refractivity contribution in [1.82, 2.24) is 0 Å². The Morgan fingerprint density at radius 2 is 1.53 bits per heavy atom. The molecule has 0 spiro atoms. The van der Waals surface area contributed by atoms with Crippen LogP contribution in [-0.4, -0.2) is 28.0 Å². The summed E-state index contributed by atoms with van der Waals surface area (Å²) in [5.74, 6) is 1.64. The summed E-state index contributed by atoms with van der Waals surface area (Å²) in [7, 11) is 4.61. The lowest BCUT2D eigenvalue weighted by atomic mass is 10.1. The molecule has 0 N–H and O–H groups in total. The zero-order valence-electron chi connectivity index (χ0n) is 9.17. The van der Waals surface area contributed by atoms with Crippen molar-refractivity contribution < 1.29 is 18.6 Å².